The number of nitrogens with two attached hydrogens (primary N) is 1. The van der Waals surface area contributed by atoms with Gasteiger partial charge in [-0.2, -0.15) is 0 Å². The third kappa shape index (κ3) is 3.45. The monoisotopic (exact) mass is 218 g/mol. The number of H-pyrrole nitrogens is 1. The van der Waals surface area contributed by atoms with Crippen LogP contribution in [0.1, 0.15) is 11.5 Å². The largest absolute Gasteiger partial charge is 0.352 e. The van der Waals surface area contributed by atoms with E-state index in [2.05, 4.69) is 28.4 Å². The van der Waals surface area contributed by atoms with Crippen molar-refractivity contribution in [3.8, 4) is 0 Å². The van der Waals surface area contributed by atoms with Crippen LogP contribution in [-0.2, 0) is 6.54 Å². The molecule has 84 valence electrons. The molecule has 0 radical (unpaired) electrons. The van der Waals surface area contributed by atoms with E-state index in [-0.39, 0.29) is 6.54 Å². The average molecular weight is 218 g/mol. The Hall–Kier alpha value is -2.30. The molecular formula is C11H14N4O. The minimum atomic E-state index is -0.580. The molecule has 0 saturated carbocycles. The lowest BCUT2D eigenvalue weighted by atomic mass is 10.2. The van der Waals surface area contributed by atoms with Crippen LogP contribution < -0.4 is 11.1 Å². The van der Waals surface area contributed by atoms with Crippen LogP contribution in [0, 0.1) is 0 Å². The van der Waals surface area contributed by atoms with Crippen molar-refractivity contribution in [1.82, 2.24) is 15.3 Å². The van der Waals surface area contributed by atoms with Crippen molar-refractivity contribution in [2.75, 3.05) is 0 Å². The molecule has 5 nitrogen and oxygen atoms in total. The first-order chi connectivity index (χ1) is 7.63. The smallest absolute Gasteiger partial charge is 0.312 e. The highest BCUT2D eigenvalue weighted by Gasteiger charge is 2.02. The average Bonchev–Trinajstić information content (AvgIpc) is 2.71. The lowest BCUT2D eigenvalue weighted by Gasteiger charge is -1.97. The van der Waals surface area contributed by atoms with E-state index in [1.807, 2.05) is 6.08 Å². The third-order valence-corrected chi connectivity index (χ3v) is 1.84. The van der Waals surface area contributed by atoms with Gasteiger partial charge in [0.25, 0.3) is 0 Å². The second kappa shape index (κ2) is 5.55. The molecule has 0 atom stereocenters. The van der Waals surface area contributed by atoms with Crippen LogP contribution in [0.5, 0.6) is 0 Å². The normalized spacial score (nSPS) is 10.2. The number of amides is 2. The predicted molar refractivity (Wildman–Crippen MR) is 63.4 cm³/mol. The Bertz CT molecular complexity index is 431. The number of aromatic nitrogens is 2. The van der Waals surface area contributed by atoms with Crippen molar-refractivity contribution < 1.29 is 4.79 Å². The fourth-order valence-electron chi connectivity index (χ4n) is 1.06. The maximum atomic E-state index is 10.5. The van der Waals surface area contributed by atoms with Crippen molar-refractivity contribution in [1.29, 1.82) is 0 Å². The number of carbonyl (C=O) groups is 1. The van der Waals surface area contributed by atoms with Crippen LogP contribution in [0.15, 0.2) is 37.6 Å². The minimum absolute atomic E-state index is 0.272. The Labute approximate surface area is 93.8 Å². The Morgan fingerprint density at radius 1 is 1.69 bits per heavy atom. The lowest BCUT2D eigenvalue weighted by molar-refractivity contribution is 0.248. The molecule has 5 heteroatoms. The number of carbonyl (C=O) groups excluding carboxylic acids is 1. The zero-order valence-electron chi connectivity index (χ0n) is 8.86. The van der Waals surface area contributed by atoms with Gasteiger partial charge in [-0.1, -0.05) is 31.4 Å². The number of nitrogens with zero attached hydrogens (tertiary/aromatic N) is 1. The molecule has 1 rings (SSSR count). The summed E-state index contributed by atoms with van der Waals surface area (Å²) in [6.45, 7) is 7.69. The molecule has 0 fully saturated rings. The van der Waals surface area contributed by atoms with Gasteiger partial charge in [0.15, 0.2) is 0 Å². The summed E-state index contributed by atoms with van der Waals surface area (Å²) in [6.07, 6.45) is 6.90. The van der Waals surface area contributed by atoms with Crippen molar-refractivity contribution >= 4 is 11.6 Å². The summed E-state index contributed by atoms with van der Waals surface area (Å²) in [5, 5.41) is 2.44. The molecule has 0 aromatic carbocycles. The Morgan fingerprint density at radius 3 is 3.06 bits per heavy atom. The first kappa shape index (κ1) is 11.8. The van der Waals surface area contributed by atoms with Gasteiger partial charge in [0.05, 0.1) is 18.4 Å². The van der Waals surface area contributed by atoms with Crippen molar-refractivity contribution in [2.45, 2.75) is 6.54 Å². The van der Waals surface area contributed by atoms with E-state index in [0.29, 0.717) is 5.82 Å². The van der Waals surface area contributed by atoms with Crippen LogP contribution in [0.3, 0.4) is 0 Å². The van der Waals surface area contributed by atoms with E-state index in [1.165, 1.54) is 0 Å². The van der Waals surface area contributed by atoms with Crippen molar-refractivity contribution in [3.63, 3.8) is 0 Å². The summed E-state index contributed by atoms with van der Waals surface area (Å²) in [6, 6.07) is -0.580. The van der Waals surface area contributed by atoms with Gasteiger partial charge in [-0.05, 0) is 5.57 Å². The first-order valence-electron chi connectivity index (χ1n) is 4.69. The number of aromatic amines is 1. The molecule has 4 N–H and O–H groups in total. The molecule has 1 aromatic rings. The molecule has 0 aliphatic carbocycles. The fourth-order valence-corrected chi connectivity index (χ4v) is 1.06. The molecule has 1 heterocycles. The summed E-state index contributed by atoms with van der Waals surface area (Å²) in [5.41, 5.74) is 6.52. The van der Waals surface area contributed by atoms with Crippen LogP contribution in [0.25, 0.3) is 5.57 Å². The molecule has 2 amide bonds. The van der Waals surface area contributed by atoms with Crippen LogP contribution >= 0.6 is 0 Å². The van der Waals surface area contributed by atoms with Gasteiger partial charge in [-0.3, -0.25) is 0 Å². The maximum Gasteiger partial charge on any atom is 0.312 e. The zero-order chi connectivity index (χ0) is 12.0. The number of urea groups is 1. The highest BCUT2D eigenvalue weighted by molar-refractivity contribution is 5.71. The molecular weight excluding hydrogens is 204 g/mol. The fraction of sp³-hybridized carbons (Fsp3) is 0.0909. The highest BCUT2D eigenvalue weighted by atomic mass is 16.2. The van der Waals surface area contributed by atoms with Crippen LogP contribution in [-0.4, -0.2) is 16.0 Å². The van der Waals surface area contributed by atoms with Gasteiger partial charge >= 0.3 is 6.03 Å². The van der Waals surface area contributed by atoms with E-state index in [9.17, 15) is 4.79 Å². The lowest BCUT2D eigenvalue weighted by Crippen LogP contribution is -2.29. The quantitative estimate of drug-likeness (QED) is 0.651. The number of rotatable bonds is 5. The topological polar surface area (TPSA) is 83.8 Å². The molecule has 0 spiro atoms. The predicted octanol–water partition coefficient (Wildman–Crippen LogP) is 1.33. The van der Waals surface area contributed by atoms with E-state index >= 15 is 0 Å². The Balaban J connectivity index is 2.63. The number of nitrogens with one attached hydrogen (secondary N) is 2. The molecule has 0 aliphatic heterocycles. The summed E-state index contributed by atoms with van der Waals surface area (Å²) >= 11 is 0. The van der Waals surface area contributed by atoms with Gasteiger partial charge in [-0.25, -0.2) is 9.78 Å². The van der Waals surface area contributed by atoms with Gasteiger partial charge < -0.3 is 16.0 Å². The SMILES string of the molecule is C=C/C=C\C(=C)c1cnc(CNC(N)=O)[nH]1. The maximum absolute atomic E-state index is 10.5. The van der Waals surface area contributed by atoms with Crippen LogP contribution in [0.4, 0.5) is 4.79 Å². The number of primary amides is 1. The molecule has 0 aliphatic rings. The Kier molecular flexibility index (Phi) is 4.08. The van der Waals surface area contributed by atoms with Gasteiger partial charge in [0.2, 0.25) is 0 Å². The molecule has 0 saturated heterocycles. The Morgan fingerprint density at radius 2 is 2.44 bits per heavy atom. The number of imidazole rings is 1. The zero-order valence-corrected chi connectivity index (χ0v) is 8.86. The van der Waals surface area contributed by atoms with E-state index in [1.54, 1.807) is 18.3 Å². The number of hydrogen-bond donors (Lipinski definition) is 3. The standard InChI is InChI=1S/C11H14N4O/c1-3-4-5-8(2)9-6-13-10(15-9)7-14-11(12)16/h3-6H,1-2,7H2,(H,13,15)(H3,12,14,16)/b5-4-. The summed E-state index contributed by atoms with van der Waals surface area (Å²) in [4.78, 5) is 17.6. The van der Waals surface area contributed by atoms with Crippen molar-refractivity contribution in [3.05, 3.63) is 49.1 Å². The van der Waals surface area contributed by atoms with E-state index in [0.717, 1.165) is 11.3 Å². The van der Waals surface area contributed by atoms with Crippen LogP contribution in [0.2, 0.25) is 0 Å². The molecule has 16 heavy (non-hydrogen) atoms. The second-order valence-corrected chi connectivity index (χ2v) is 3.08. The molecule has 1 aromatic heterocycles. The summed E-state index contributed by atoms with van der Waals surface area (Å²) in [5.74, 6) is 0.627. The van der Waals surface area contributed by atoms with Crippen molar-refractivity contribution in [2.24, 2.45) is 5.73 Å². The first-order valence-corrected chi connectivity index (χ1v) is 4.69. The van der Waals surface area contributed by atoms with Gasteiger partial charge in [0.1, 0.15) is 5.82 Å². The van der Waals surface area contributed by atoms with E-state index in [4.69, 9.17) is 5.73 Å². The number of hydrogen-bond acceptors (Lipinski definition) is 2. The highest BCUT2D eigenvalue weighted by Crippen LogP contribution is 2.10. The number of allylic oxidation sites excluding steroid dienone is 4. The second-order valence-electron chi connectivity index (χ2n) is 3.08. The van der Waals surface area contributed by atoms with E-state index < -0.39 is 6.03 Å². The minimum Gasteiger partial charge on any atom is -0.352 e. The van der Waals surface area contributed by atoms with Gasteiger partial charge in [-0.15, -0.1) is 0 Å². The summed E-state index contributed by atoms with van der Waals surface area (Å²) < 4.78 is 0. The summed E-state index contributed by atoms with van der Waals surface area (Å²) in [7, 11) is 0. The molecule has 0 unspecified atom stereocenters. The van der Waals surface area contributed by atoms with Gasteiger partial charge in [0, 0.05) is 0 Å². The third-order valence-electron chi connectivity index (χ3n) is 1.84. The molecule has 0 bridgehead atoms.